The molecule has 4 heterocycles. The van der Waals surface area contributed by atoms with E-state index >= 15 is 0 Å². The number of nitrogens with zero attached hydrogens (tertiary/aromatic N) is 8. The van der Waals surface area contributed by atoms with Crippen LogP contribution in [-0.4, -0.2) is 39.8 Å². The van der Waals surface area contributed by atoms with E-state index in [-0.39, 0.29) is 11.0 Å². The highest BCUT2D eigenvalue weighted by Gasteiger charge is 2.61. The van der Waals surface area contributed by atoms with E-state index in [1.54, 1.807) is 6.33 Å². The van der Waals surface area contributed by atoms with Crippen molar-refractivity contribution in [1.29, 1.82) is 0 Å². The molecule has 0 N–H and O–H groups in total. The first-order valence-electron chi connectivity index (χ1n) is 13.2. The number of fused-ring (bicyclic) bond motifs is 5. The van der Waals surface area contributed by atoms with Gasteiger partial charge in [-0.05, 0) is 91.7 Å². The normalized spacial score (nSPS) is 34.2. The van der Waals surface area contributed by atoms with Gasteiger partial charge in [0.2, 0.25) is 0 Å². The predicted molar refractivity (Wildman–Crippen MR) is 133 cm³/mol. The second-order valence-corrected chi connectivity index (χ2v) is 14.2. The molecule has 5 aliphatic rings. The minimum atomic E-state index is -0.0326. The zero-order chi connectivity index (χ0) is 23.6. The molecule has 0 amide bonds. The van der Waals surface area contributed by atoms with Gasteiger partial charge in [-0.25, -0.2) is 14.5 Å². The summed E-state index contributed by atoms with van der Waals surface area (Å²) >= 11 is 1.88. The Bertz CT molecular complexity index is 1440. The van der Waals surface area contributed by atoms with Crippen molar-refractivity contribution in [3.8, 4) is 0 Å². The van der Waals surface area contributed by atoms with Crippen molar-refractivity contribution in [2.45, 2.75) is 89.5 Å². The van der Waals surface area contributed by atoms with Crippen LogP contribution in [-0.2, 0) is 23.8 Å². The fourth-order valence-electron chi connectivity index (χ4n) is 8.63. The second-order valence-electron chi connectivity index (χ2n) is 13.1. The van der Waals surface area contributed by atoms with Crippen molar-refractivity contribution in [3.63, 3.8) is 0 Å². The Kier molecular flexibility index (Phi) is 3.95. The summed E-state index contributed by atoms with van der Waals surface area (Å²) in [4.78, 5) is 14.8. The van der Waals surface area contributed by atoms with Crippen molar-refractivity contribution in [2.75, 3.05) is 0 Å². The molecule has 182 valence electrons. The summed E-state index contributed by atoms with van der Waals surface area (Å²) in [6.07, 6.45) is 14.0. The average molecular weight is 489 g/mol. The van der Waals surface area contributed by atoms with Gasteiger partial charge in [0.05, 0.1) is 10.9 Å². The minimum Gasteiger partial charge on any atom is -0.225 e. The van der Waals surface area contributed by atoms with Crippen LogP contribution in [0.1, 0.15) is 82.0 Å². The molecule has 9 rings (SSSR count). The number of hydrogen-bond donors (Lipinski definition) is 0. The summed E-state index contributed by atoms with van der Waals surface area (Å²) in [5, 5.41) is 19.3. The minimum absolute atomic E-state index is 0.00344. The number of hydrogen-bond acceptors (Lipinski definition) is 7. The molecular weight excluding hydrogens is 456 g/mol. The van der Waals surface area contributed by atoms with E-state index in [4.69, 9.17) is 15.1 Å². The fraction of sp³-hybridized carbons (Fsp3) is 0.692. The van der Waals surface area contributed by atoms with Crippen LogP contribution < -0.4 is 0 Å². The predicted octanol–water partition coefficient (Wildman–Crippen LogP) is 4.72. The zero-order valence-corrected chi connectivity index (χ0v) is 21.6. The van der Waals surface area contributed by atoms with Crippen molar-refractivity contribution in [1.82, 2.24) is 39.8 Å². The smallest absolute Gasteiger partial charge is 0.167 e. The fourth-order valence-corrected chi connectivity index (χ4v) is 9.89. The van der Waals surface area contributed by atoms with Gasteiger partial charge in [0.25, 0.3) is 0 Å². The molecule has 4 aromatic heterocycles. The van der Waals surface area contributed by atoms with E-state index in [0.29, 0.717) is 17.3 Å². The van der Waals surface area contributed by atoms with Crippen molar-refractivity contribution in [3.05, 3.63) is 28.9 Å². The van der Waals surface area contributed by atoms with Gasteiger partial charge in [0, 0.05) is 10.3 Å². The van der Waals surface area contributed by atoms with Crippen LogP contribution in [0, 0.1) is 23.2 Å². The molecule has 0 radical (unpaired) electrons. The van der Waals surface area contributed by atoms with Crippen LogP contribution >= 0.6 is 11.3 Å². The quantitative estimate of drug-likeness (QED) is 0.406. The molecule has 4 saturated carbocycles. The van der Waals surface area contributed by atoms with Crippen LogP contribution in [0.3, 0.4) is 0 Å². The Hall–Kier alpha value is -2.42. The molecule has 0 saturated heterocycles. The van der Waals surface area contributed by atoms with Crippen molar-refractivity contribution in [2.24, 2.45) is 23.2 Å². The standard InChI is InChI=1S/C26H32N8S/c1-24(2,3)17-4-5-18-19(7-17)35-22-20(18)21-30-23(31-33(21)14-27-22)25-8-15-6-16(9-25)11-26(10-15,12-25)34-29-13-28-32-34/h13-17H,4-12H2,1-3H3. The Labute approximate surface area is 208 Å². The number of aryl methyl sites for hydroxylation is 1. The highest BCUT2D eigenvalue weighted by atomic mass is 32.1. The van der Waals surface area contributed by atoms with Crippen LogP contribution in [0.25, 0.3) is 15.9 Å². The Morgan fingerprint density at radius 3 is 2.69 bits per heavy atom. The van der Waals surface area contributed by atoms with Gasteiger partial charge in [-0.2, -0.15) is 4.80 Å². The first-order valence-corrected chi connectivity index (χ1v) is 14.0. The largest absolute Gasteiger partial charge is 0.225 e. The molecule has 8 nitrogen and oxygen atoms in total. The topological polar surface area (TPSA) is 86.7 Å². The Morgan fingerprint density at radius 2 is 1.94 bits per heavy atom. The molecule has 3 unspecified atom stereocenters. The maximum Gasteiger partial charge on any atom is 0.167 e. The van der Waals surface area contributed by atoms with Gasteiger partial charge >= 0.3 is 0 Å². The summed E-state index contributed by atoms with van der Waals surface area (Å²) in [7, 11) is 0. The van der Waals surface area contributed by atoms with Gasteiger partial charge in [-0.1, -0.05) is 20.8 Å². The zero-order valence-electron chi connectivity index (χ0n) is 20.7. The lowest BCUT2D eigenvalue weighted by molar-refractivity contribution is -0.0785. The summed E-state index contributed by atoms with van der Waals surface area (Å²) in [5.74, 6) is 3.13. The van der Waals surface area contributed by atoms with E-state index < -0.39 is 0 Å². The third kappa shape index (κ3) is 2.84. The van der Waals surface area contributed by atoms with E-state index in [2.05, 4.69) is 36.2 Å². The number of aromatic nitrogens is 8. The van der Waals surface area contributed by atoms with E-state index in [1.165, 1.54) is 41.5 Å². The van der Waals surface area contributed by atoms with E-state index in [1.807, 2.05) is 27.0 Å². The summed E-state index contributed by atoms with van der Waals surface area (Å²) in [6.45, 7) is 7.14. The third-order valence-corrected chi connectivity index (χ3v) is 11.1. The number of rotatable bonds is 2. The average Bonchev–Trinajstić information content (AvgIpc) is 3.54. The molecule has 4 aromatic rings. The van der Waals surface area contributed by atoms with Gasteiger partial charge < -0.3 is 0 Å². The Morgan fingerprint density at radius 1 is 1.11 bits per heavy atom. The molecule has 4 bridgehead atoms. The molecular formula is C26H32N8S. The second kappa shape index (κ2) is 6.66. The SMILES string of the molecule is CC(C)(C)C1CCc2c(sc3ncn4nc(C56CC7CC(C5)CC(n5ncnn5)(C7)C6)nc4c23)C1. The molecule has 0 aromatic carbocycles. The molecule has 0 spiro atoms. The molecule has 9 heteroatoms. The Balaban J connectivity index is 1.25. The third-order valence-electron chi connectivity index (χ3n) is 9.89. The van der Waals surface area contributed by atoms with Crippen molar-refractivity contribution >= 4 is 27.2 Å². The highest BCUT2D eigenvalue weighted by molar-refractivity contribution is 7.19. The summed E-state index contributed by atoms with van der Waals surface area (Å²) < 4.78 is 1.97. The number of tetrazole rings is 1. The summed E-state index contributed by atoms with van der Waals surface area (Å²) in [5.41, 5.74) is 2.81. The lowest BCUT2D eigenvalue weighted by atomic mass is 9.46. The molecule has 35 heavy (non-hydrogen) atoms. The van der Waals surface area contributed by atoms with Crippen molar-refractivity contribution < 1.29 is 0 Å². The van der Waals surface area contributed by atoms with Gasteiger partial charge in [-0.3, -0.25) is 0 Å². The van der Waals surface area contributed by atoms with Gasteiger partial charge in [0.1, 0.15) is 11.2 Å². The molecule has 0 aliphatic heterocycles. The van der Waals surface area contributed by atoms with Crippen LogP contribution in [0.15, 0.2) is 12.7 Å². The van der Waals surface area contributed by atoms with Crippen LogP contribution in [0.2, 0.25) is 0 Å². The van der Waals surface area contributed by atoms with Gasteiger partial charge in [-0.15, -0.1) is 26.6 Å². The highest BCUT2D eigenvalue weighted by Crippen LogP contribution is 2.64. The molecule has 3 atom stereocenters. The maximum absolute atomic E-state index is 5.34. The monoisotopic (exact) mass is 488 g/mol. The van der Waals surface area contributed by atoms with Crippen LogP contribution in [0.4, 0.5) is 0 Å². The molecule has 4 fully saturated rings. The number of thiophene rings is 1. The van der Waals surface area contributed by atoms with E-state index in [9.17, 15) is 0 Å². The van der Waals surface area contributed by atoms with E-state index in [0.717, 1.165) is 54.3 Å². The molecule has 5 aliphatic carbocycles. The first-order chi connectivity index (χ1) is 16.8. The lowest BCUT2D eigenvalue weighted by Crippen LogP contribution is -2.59. The first kappa shape index (κ1) is 20.7. The van der Waals surface area contributed by atoms with Gasteiger partial charge in [0.15, 0.2) is 17.8 Å². The van der Waals surface area contributed by atoms with Crippen LogP contribution in [0.5, 0.6) is 0 Å². The maximum atomic E-state index is 5.34. The summed E-state index contributed by atoms with van der Waals surface area (Å²) in [6, 6.07) is 0. The lowest BCUT2D eigenvalue weighted by Gasteiger charge is -2.60.